The SMILES string of the molecule is CNC1NC2C=CC=CC2S1. The van der Waals surface area contributed by atoms with E-state index in [4.69, 9.17) is 0 Å². The van der Waals surface area contributed by atoms with Gasteiger partial charge >= 0.3 is 0 Å². The molecule has 0 spiro atoms. The second-order valence-corrected chi connectivity index (χ2v) is 4.02. The predicted octanol–water partition coefficient (Wildman–Crippen LogP) is 0.689. The van der Waals surface area contributed by atoms with Crippen molar-refractivity contribution in [3.8, 4) is 0 Å². The topological polar surface area (TPSA) is 24.1 Å². The molecule has 2 nitrogen and oxygen atoms in total. The van der Waals surface area contributed by atoms with Crippen LogP contribution in [0.25, 0.3) is 0 Å². The van der Waals surface area contributed by atoms with Gasteiger partial charge in [-0.1, -0.05) is 24.3 Å². The van der Waals surface area contributed by atoms with Crippen LogP contribution >= 0.6 is 11.8 Å². The predicted molar refractivity (Wildman–Crippen MR) is 49.4 cm³/mol. The molecule has 2 rings (SSSR count). The molecule has 0 bridgehead atoms. The van der Waals surface area contributed by atoms with Gasteiger partial charge in [-0.05, 0) is 7.05 Å². The Morgan fingerprint density at radius 3 is 2.91 bits per heavy atom. The van der Waals surface area contributed by atoms with E-state index in [1.165, 1.54) is 0 Å². The molecule has 3 atom stereocenters. The highest BCUT2D eigenvalue weighted by Crippen LogP contribution is 2.29. The molecule has 1 fully saturated rings. The van der Waals surface area contributed by atoms with Crippen molar-refractivity contribution >= 4 is 11.8 Å². The summed E-state index contributed by atoms with van der Waals surface area (Å²) < 4.78 is 0. The van der Waals surface area contributed by atoms with E-state index in [1.54, 1.807) is 0 Å². The van der Waals surface area contributed by atoms with Crippen LogP contribution in [0.3, 0.4) is 0 Å². The molecule has 0 aromatic carbocycles. The van der Waals surface area contributed by atoms with Crippen molar-refractivity contribution < 1.29 is 0 Å². The first-order valence-corrected chi connectivity index (χ1v) is 4.78. The van der Waals surface area contributed by atoms with Crippen LogP contribution in [0.2, 0.25) is 0 Å². The van der Waals surface area contributed by atoms with Crippen LogP contribution in [-0.4, -0.2) is 23.8 Å². The molecular weight excluding hydrogens is 156 g/mol. The summed E-state index contributed by atoms with van der Waals surface area (Å²) in [5.41, 5.74) is 0.414. The second-order valence-electron chi connectivity index (χ2n) is 2.73. The van der Waals surface area contributed by atoms with Gasteiger partial charge in [0.2, 0.25) is 0 Å². The molecule has 0 aromatic rings. The third-order valence-electron chi connectivity index (χ3n) is 1.98. The van der Waals surface area contributed by atoms with E-state index in [1.807, 2.05) is 18.8 Å². The maximum absolute atomic E-state index is 3.46. The number of thioether (sulfide) groups is 1. The molecule has 0 saturated carbocycles. The van der Waals surface area contributed by atoms with E-state index < -0.39 is 0 Å². The van der Waals surface area contributed by atoms with E-state index in [2.05, 4.69) is 34.9 Å². The molecule has 0 amide bonds. The molecule has 3 unspecified atom stereocenters. The Kier molecular flexibility index (Phi) is 2.02. The van der Waals surface area contributed by atoms with Gasteiger partial charge in [0.1, 0.15) is 5.50 Å². The molecule has 1 heterocycles. The van der Waals surface area contributed by atoms with Gasteiger partial charge in [0.15, 0.2) is 0 Å². The average molecular weight is 168 g/mol. The van der Waals surface area contributed by atoms with Gasteiger partial charge in [-0.2, -0.15) is 0 Å². The van der Waals surface area contributed by atoms with E-state index in [-0.39, 0.29) is 0 Å². The molecule has 11 heavy (non-hydrogen) atoms. The summed E-state index contributed by atoms with van der Waals surface area (Å²) in [4.78, 5) is 0. The largest absolute Gasteiger partial charge is 0.296 e. The molecule has 0 aromatic heterocycles. The van der Waals surface area contributed by atoms with Crippen molar-refractivity contribution in [2.45, 2.75) is 16.8 Å². The summed E-state index contributed by atoms with van der Waals surface area (Å²) in [6.45, 7) is 0. The normalized spacial score (nSPS) is 41.0. The van der Waals surface area contributed by atoms with Gasteiger partial charge in [0.05, 0.1) is 0 Å². The number of fused-ring (bicyclic) bond motifs is 1. The maximum Gasteiger partial charge on any atom is 0.106 e. The molecule has 60 valence electrons. The van der Waals surface area contributed by atoms with Gasteiger partial charge < -0.3 is 0 Å². The van der Waals surface area contributed by atoms with Crippen molar-refractivity contribution in [3.05, 3.63) is 24.3 Å². The molecule has 2 aliphatic rings. The Morgan fingerprint density at radius 1 is 1.36 bits per heavy atom. The van der Waals surface area contributed by atoms with E-state index in [0.29, 0.717) is 16.8 Å². The van der Waals surface area contributed by atoms with Crippen LogP contribution in [0.4, 0.5) is 0 Å². The lowest BCUT2D eigenvalue weighted by molar-refractivity contribution is 0.569. The summed E-state index contributed by atoms with van der Waals surface area (Å²) in [6, 6.07) is 0.530. The minimum Gasteiger partial charge on any atom is -0.296 e. The molecule has 1 saturated heterocycles. The van der Waals surface area contributed by atoms with Gasteiger partial charge in [0, 0.05) is 11.3 Å². The Bertz CT molecular complexity index is 180. The number of hydrogen-bond acceptors (Lipinski definition) is 3. The highest BCUT2D eigenvalue weighted by atomic mass is 32.2. The molecule has 3 heteroatoms. The molecule has 1 aliphatic carbocycles. The molecule has 0 radical (unpaired) electrons. The Balaban J connectivity index is 2.06. The standard InChI is InChI=1S/C8H12N2S/c1-9-8-10-6-4-2-3-5-7(6)11-8/h2-10H,1H3. The van der Waals surface area contributed by atoms with E-state index in [0.717, 1.165) is 0 Å². The third kappa shape index (κ3) is 1.36. The zero-order valence-electron chi connectivity index (χ0n) is 6.45. The Hall–Kier alpha value is -0.250. The lowest BCUT2D eigenvalue weighted by atomic mass is 10.1. The highest BCUT2D eigenvalue weighted by Gasteiger charge is 2.30. The quantitative estimate of drug-likeness (QED) is 0.602. The van der Waals surface area contributed by atoms with Crippen LogP contribution in [-0.2, 0) is 0 Å². The zero-order valence-corrected chi connectivity index (χ0v) is 7.27. The minimum absolute atomic E-state index is 0.414. The summed E-state index contributed by atoms with van der Waals surface area (Å²) in [5, 5.41) is 7.28. The average Bonchev–Trinajstić information content (AvgIpc) is 2.46. The van der Waals surface area contributed by atoms with Crippen molar-refractivity contribution in [1.29, 1.82) is 0 Å². The van der Waals surface area contributed by atoms with Crippen molar-refractivity contribution in [1.82, 2.24) is 10.6 Å². The monoisotopic (exact) mass is 168 g/mol. The summed E-state index contributed by atoms with van der Waals surface area (Å²) in [7, 11) is 1.98. The summed E-state index contributed by atoms with van der Waals surface area (Å²) >= 11 is 1.93. The van der Waals surface area contributed by atoms with Gasteiger partial charge in [-0.3, -0.25) is 10.6 Å². The number of hydrogen-bond donors (Lipinski definition) is 2. The van der Waals surface area contributed by atoms with Crippen LogP contribution in [0.5, 0.6) is 0 Å². The fraction of sp³-hybridized carbons (Fsp3) is 0.500. The molecular formula is C8H12N2S. The minimum atomic E-state index is 0.414. The van der Waals surface area contributed by atoms with Crippen LogP contribution in [0.1, 0.15) is 0 Å². The number of allylic oxidation sites excluding steroid dienone is 2. The van der Waals surface area contributed by atoms with Crippen LogP contribution in [0, 0.1) is 0 Å². The fourth-order valence-electron chi connectivity index (χ4n) is 1.39. The highest BCUT2D eigenvalue weighted by molar-refractivity contribution is 8.00. The lowest BCUT2D eigenvalue weighted by Crippen LogP contribution is -2.37. The van der Waals surface area contributed by atoms with Crippen molar-refractivity contribution in [2.75, 3.05) is 7.05 Å². The Labute approximate surface area is 71.1 Å². The Morgan fingerprint density at radius 2 is 2.18 bits per heavy atom. The smallest absolute Gasteiger partial charge is 0.106 e. The first kappa shape index (κ1) is 7.40. The zero-order chi connectivity index (χ0) is 7.68. The van der Waals surface area contributed by atoms with Crippen molar-refractivity contribution in [2.24, 2.45) is 0 Å². The second kappa shape index (κ2) is 3.01. The van der Waals surface area contributed by atoms with Gasteiger partial charge in [-0.25, -0.2) is 0 Å². The first-order chi connectivity index (χ1) is 5.40. The summed E-state index contributed by atoms with van der Waals surface area (Å²) in [5.74, 6) is 0. The van der Waals surface area contributed by atoms with E-state index >= 15 is 0 Å². The first-order valence-electron chi connectivity index (χ1n) is 3.84. The number of nitrogens with one attached hydrogen (secondary N) is 2. The lowest BCUT2D eigenvalue weighted by Gasteiger charge is -2.12. The molecule has 2 N–H and O–H groups in total. The summed E-state index contributed by atoms with van der Waals surface area (Å²) in [6.07, 6.45) is 8.69. The maximum atomic E-state index is 3.46. The van der Waals surface area contributed by atoms with Crippen molar-refractivity contribution in [3.63, 3.8) is 0 Å². The van der Waals surface area contributed by atoms with Gasteiger partial charge in [-0.15, -0.1) is 11.8 Å². The van der Waals surface area contributed by atoms with E-state index in [9.17, 15) is 0 Å². The van der Waals surface area contributed by atoms with Gasteiger partial charge in [0.25, 0.3) is 0 Å². The van der Waals surface area contributed by atoms with Crippen LogP contribution in [0.15, 0.2) is 24.3 Å². The van der Waals surface area contributed by atoms with Crippen LogP contribution < -0.4 is 10.6 Å². The fourth-order valence-corrected chi connectivity index (χ4v) is 2.60. The number of rotatable bonds is 1. The third-order valence-corrected chi connectivity index (χ3v) is 3.39. The molecule has 1 aliphatic heterocycles.